The lowest BCUT2D eigenvalue weighted by molar-refractivity contribution is 0.0767. The van der Waals surface area contributed by atoms with Crippen LogP contribution in [0, 0.1) is 6.92 Å². The number of aryl methyl sites for hydroxylation is 1. The van der Waals surface area contributed by atoms with Crippen LogP contribution in [-0.2, 0) is 0 Å². The summed E-state index contributed by atoms with van der Waals surface area (Å²) in [7, 11) is 0. The van der Waals surface area contributed by atoms with Gasteiger partial charge in [-0.25, -0.2) is 0 Å². The highest BCUT2D eigenvalue weighted by Crippen LogP contribution is 2.18. The van der Waals surface area contributed by atoms with Crippen molar-refractivity contribution in [2.75, 3.05) is 18.8 Å². The SMILES string of the molecule is CC1=CCCN(C(=O)c2cc(C)ccc2N)C1. The summed E-state index contributed by atoms with van der Waals surface area (Å²) in [6.45, 7) is 5.52. The molecule has 0 fully saturated rings. The summed E-state index contributed by atoms with van der Waals surface area (Å²) in [6.07, 6.45) is 3.12. The number of rotatable bonds is 1. The summed E-state index contributed by atoms with van der Waals surface area (Å²) in [5, 5.41) is 0. The largest absolute Gasteiger partial charge is 0.398 e. The van der Waals surface area contributed by atoms with Gasteiger partial charge in [-0.2, -0.15) is 0 Å². The molecule has 1 aliphatic heterocycles. The number of carbonyl (C=O) groups is 1. The number of nitrogen functional groups attached to an aromatic ring is 1. The summed E-state index contributed by atoms with van der Waals surface area (Å²) in [5.74, 6) is 0.0404. The first kappa shape index (κ1) is 11.7. The molecule has 0 radical (unpaired) electrons. The molecule has 0 aliphatic carbocycles. The quantitative estimate of drug-likeness (QED) is 0.594. The Morgan fingerprint density at radius 1 is 1.35 bits per heavy atom. The fourth-order valence-electron chi connectivity index (χ4n) is 2.11. The number of nitrogens with zero attached hydrogens (tertiary/aromatic N) is 1. The molecular weight excluding hydrogens is 212 g/mol. The molecule has 1 aromatic rings. The molecule has 90 valence electrons. The normalized spacial score (nSPS) is 15.6. The van der Waals surface area contributed by atoms with E-state index in [0.717, 1.165) is 18.5 Å². The van der Waals surface area contributed by atoms with Gasteiger partial charge in [-0.1, -0.05) is 23.3 Å². The molecule has 3 nitrogen and oxygen atoms in total. The maximum atomic E-state index is 12.3. The Morgan fingerprint density at radius 3 is 2.82 bits per heavy atom. The Kier molecular flexibility index (Phi) is 3.18. The Hall–Kier alpha value is -1.77. The van der Waals surface area contributed by atoms with Crippen molar-refractivity contribution in [3.63, 3.8) is 0 Å². The molecule has 2 N–H and O–H groups in total. The molecule has 0 spiro atoms. The Morgan fingerprint density at radius 2 is 2.12 bits per heavy atom. The highest BCUT2D eigenvalue weighted by molar-refractivity contribution is 5.99. The van der Waals surface area contributed by atoms with Gasteiger partial charge in [0.2, 0.25) is 0 Å². The average molecular weight is 230 g/mol. The van der Waals surface area contributed by atoms with E-state index in [4.69, 9.17) is 5.73 Å². The number of nitrogens with two attached hydrogens (primary N) is 1. The van der Waals surface area contributed by atoms with E-state index >= 15 is 0 Å². The van der Waals surface area contributed by atoms with Gasteiger partial charge < -0.3 is 10.6 Å². The molecule has 0 unspecified atom stereocenters. The van der Waals surface area contributed by atoms with Gasteiger partial charge in [0.25, 0.3) is 5.91 Å². The third-order valence-corrected chi connectivity index (χ3v) is 3.06. The maximum absolute atomic E-state index is 12.3. The Balaban J connectivity index is 2.25. The van der Waals surface area contributed by atoms with E-state index in [-0.39, 0.29) is 5.91 Å². The first-order valence-electron chi connectivity index (χ1n) is 5.89. The van der Waals surface area contributed by atoms with E-state index in [9.17, 15) is 4.79 Å². The minimum Gasteiger partial charge on any atom is -0.398 e. The van der Waals surface area contributed by atoms with Crippen molar-refractivity contribution in [1.82, 2.24) is 4.90 Å². The fraction of sp³-hybridized carbons (Fsp3) is 0.357. The van der Waals surface area contributed by atoms with E-state index in [0.29, 0.717) is 17.8 Å². The number of amides is 1. The van der Waals surface area contributed by atoms with Crippen molar-refractivity contribution in [2.24, 2.45) is 0 Å². The van der Waals surface area contributed by atoms with Crippen molar-refractivity contribution in [1.29, 1.82) is 0 Å². The van der Waals surface area contributed by atoms with Crippen LogP contribution in [0.2, 0.25) is 0 Å². The predicted molar refractivity (Wildman–Crippen MR) is 69.9 cm³/mol. The van der Waals surface area contributed by atoms with E-state index < -0.39 is 0 Å². The van der Waals surface area contributed by atoms with Gasteiger partial charge in [0.1, 0.15) is 0 Å². The fourth-order valence-corrected chi connectivity index (χ4v) is 2.11. The van der Waals surface area contributed by atoms with Gasteiger partial charge >= 0.3 is 0 Å². The second-order valence-electron chi connectivity index (χ2n) is 4.66. The number of carbonyl (C=O) groups excluding carboxylic acids is 1. The zero-order valence-corrected chi connectivity index (χ0v) is 10.4. The average Bonchev–Trinajstić information content (AvgIpc) is 2.31. The van der Waals surface area contributed by atoms with Crippen molar-refractivity contribution >= 4 is 11.6 Å². The standard InChI is InChI=1S/C14H18N2O/c1-10-5-6-13(15)12(8-10)14(17)16-7-3-4-11(2)9-16/h4-6,8H,3,7,9,15H2,1-2H3. The van der Waals surface area contributed by atoms with Crippen LogP contribution >= 0.6 is 0 Å². The highest BCUT2D eigenvalue weighted by Gasteiger charge is 2.19. The molecule has 1 amide bonds. The lowest BCUT2D eigenvalue weighted by Crippen LogP contribution is -2.35. The summed E-state index contributed by atoms with van der Waals surface area (Å²) < 4.78 is 0. The summed E-state index contributed by atoms with van der Waals surface area (Å²) in [5.41, 5.74) is 9.37. The van der Waals surface area contributed by atoms with Crippen LogP contribution in [0.15, 0.2) is 29.8 Å². The van der Waals surface area contributed by atoms with Gasteiger partial charge in [0.05, 0.1) is 5.56 Å². The highest BCUT2D eigenvalue weighted by atomic mass is 16.2. The van der Waals surface area contributed by atoms with Crippen LogP contribution in [0.25, 0.3) is 0 Å². The van der Waals surface area contributed by atoms with Crippen molar-refractivity contribution in [2.45, 2.75) is 20.3 Å². The van der Waals surface area contributed by atoms with Crippen LogP contribution in [0.4, 0.5) is 5.69 Å². The predicted octanol–water partition coefficient (Wildman–Crippen LogP) is 2.37. The summed E-state index contributed by atoms with van der Waals surface area (Å²) in [4.78, 5) is 14.2. The van der Waals surface area contributed by atoms with Crippen LogP contribution in [0.3, 0.4) is 0 Å². The van der Waals surface area contributed by atoms with Crippen molar-refractivity contribution in [3.8, 4) is 0 Å². The molecule has 17 heavy (non-hydrogen) atoms. The third kappa shape index (κ3) is 2.49. The van der Waals surface area contributed by atoms with Crippen LogP contribution in [0.1, 0.15) is 29.3 Å². The van der Waals surface area contributed by atoms with Crippen LogP contribution < -0.4 is 5.73 Å². The second kappa shape index (κ2) is 4.62. The van der Waals surface area contributed by atoms with Crippen molar-refractivity contribution in [3.05, 3.63) is 41.0 Å². The molecule has 0 atom stereocenters. The molecule has 0 bridgehead atoms. The third-order valence-electron chi connectivity index (χ3n) is 3.06. The minimum absolute atomic E-state index is 0.0404. The minimum atomic E-state index is 0.0404. The number of hydrogen-bond donors (Lipinski definition) is 1. The first-order chi connectivity index (χ1) is 8.08. The number of benzene rings is 1. The topological polar surface area (TPSA) is 46.3 Å². The lowest BCUT2D eigenvalue weighted by atomic mass is 10.1. The molecule has 1 heterocycles. The van der Waals surface area contributed by atoms with E-state index in [1.54, 1.807) is 6.07 Å². The Labute approximate surface area is 102 Å². The monoisotopic (exact) mass is 230 g/mol. The smallest absolute Gasteiger partial charge is 0.256 e. The molecule has 3 heteroatoms. The first-order valence-corrected chi connectivity index (χ1v) is 5.89. The molecule has 2 rings (SSSR count). The second-order valence-corrected chi connectivity index (χ2v) is 4.66. The number of anilines is 1. The van der Waals surface area contributed by atoms with Crippen molar-refractivity contribution < 1.29 is 4.79 Å². The van der Waals surface area contributed by atoms with Gasteiger partial charge in [-0.05, 0) is 32.4 Å². The van der Waals surface area contributed by atoms with Gasteiger partial charge in [0.15, 0.2) is 0 Å². The lowest BCUT2D eigenvalue weighted by Gasteiger charge is -2.26. The van der Waals surface area contributed by atoms with E-state index in [1.165, 1.54) is 5.57 Å². The molecular formula is C14H18N2O. The molecule has 0 saturated carbocycles. The van der Waals surface area contributed by atoms with Crippen LogP contribution in [0.5, 0.6) is 0 Å². The zero-order chi connectivity index (χ0) is 12.4. The van der Waals surface area contributed by atoms with E-state index in [2.05, 4.69) is 13.0 Å². The van der Waals surface area contributed by atoms with Gasteiger partial charge in [-0.15, -0.1) is 0 Å². The summed E-state index contributed by atoms with van der Waals surface area (Å²) in [6, 6.07) is 5.59. The molecule has 0 aromatic heterocycles. The maximum Gasteiger partial charge on any atom is 0.256 e. The molecule has 1 aliphatic rings. The number of hydrogen-bond acceptors (Lipinski definition) is 2. The van der Waals surface area contributed by atoms with E-state index in [1.807, 2.05) is 24.0 Å². The summed E-state index contributed by atoms with van der Waals surface area (Å²) >= 11 is 0. The Bertz CT molecular complexity index is 477. The van der Waals surface area contributed by atoms with Crippen LogP contribution in [-0.4, -0.2) is 23.9 Å². The van der Waals surface area contributed by atoms with Gasteiger partial charge in [-0.3, -0.25) is 4.79 Å². The molecule has 1 aromatic carbocycles. The molecule has 0 saturated heterocycles. The van der Waals surface area contributed by atoms with Gasteiger partial charge in [0, 0.05) is 18.8 Å². The zero-order valence-electron chi connectivity index (χ0n) is 10.4.